The van der Waals surface area contributed by atoms with E-state index in [0.717, 1.165) is 24.3 Å². The molecule has 4 atom stereocenters. The van der Waals surface area contributed by atoms with Gasteiger partial charge in [0, 0.05) is 24.2 Å². The number of benzene rings is 1. The third-order valence-electron chi connectivity index (χ3n) is 6.33. The number of amides is 1. The molecule has 2 aromatic heterocycles. The number of nitrogens with one attached hydrogen (secondary N) is 1. The Kier molecular flexibility index (Phi) is 6.98. The summed E-state index contributed by atoms with van der Waals surface area (Å²) >= 11 is 0. The van der Waals surface area contributed by atoms with Gasteiger partial charge in [-0.25, -0.2) is 18.2 Å². The SMILES string of the molecule is CC[C@@H]1O[C@H](c2ccncc2NC(=O)c2nc(-c3c(F)cccc3F)c(F)cc2N)C[C@H](O)[C@@]1(C)O. The van der Waals surface area contributed by atoms with Gasteiger partial charge in [0.15, 0.2) is 11.5 Å². The van der Waals surface area contributed by atoms with Crippen molar-refractivity contribution in [3.63, 3.8) is 0 Å². The maximum Gasteiger partial charge on any atom is 0.276 e. The normalized spacial score (nSPS) is 23.9. The first-order chi connectivity index (χ1) is 17.0. The van der Waals surface area contributed by atoms with Crippen molar-refractivity contribution < 1.29 is 32.9 Å². The van der Waals surface area contributed by atoms with Gasteiger partial charge < -0.3 is 26.0 Å². The van der Waals surface area contributed by atoms with Crippen LogP contribution < -0.4 is 11.1 Å². The van der Waals surface area contributed by atoms with E-state index < -0.39 is 64.2 Å². The maximum atomic E-state index is 14.6. The summed E-state index contributed by atoms with van der Waals surface area (Å²) < 4.78 is 49.1. The smallest absolute Gasteiger partial charge is 0.276 e. The molecule has 11 heteroatoms. The van der Waals surface area contributed by atoms with Gasteiger partial charge in [0.1, 0.15) is 22.9 Å². The molecule has 8 nitrogen and oxygen atoms in total. The Bertz CT molecular complexity index is 1280. The van der Waals surface area contributed by atoms with Crippen molar-refractivity contribution in [2.75, 3.05) is 11.1 Å². The van der Waals surface area contributed by atoms with E-state index in [1.807, 2.05) is 6.92 Å². The van der Waals surface area contributed by atoms with E-state index in [9.17, 15) is 28.2 Å². The summed E-state index contributed by atoms with van der Waals surface area (Å²) in [5.41, 5.74) is 2.79. The van der Waals surface area contributed by atoms with E-state index in [-0.39, 0.29) is 17.8 Å². The Balaban J connectivity index is 1.67. The molecule has 3 aromatic rings. The van der Waals surface area contributed by atoms with Crippen LogP contribution in [-0.2, 0) is 4.74 Å². The average molecular weight is 502 g/mol. The Morgan fingerprint density at radius 3 is 2.61 bits per heavy atom. The molecule has 1 aliphatic rings. The minimum absolute atomic E-state index is 0.0457. The molecule has 0 aliphatic carbocycles. The molecule has 1 aromatic carbocycles. The second-order valence-corrected chi connectivity index (χ2v) is 8.77. The number of ether oxygens (including phenoxy) is 1. The molecule has 36 heavy (non-hydrogen) atoms. The van der Waals surface area contributed by atoms with Crippen molar-refractivity contribution in [1.29, 1.82) is 0 Å². The molecule has 1 aliphatic heterocycles. The number of carbonyl (C=O) groups excluding carboxylic acids is 1. The first-order valence-electron chi connectivity index (χ1n) is 11.3. The molecule has 4 rings (SSSR count). The minimum Gasteiger partial charge on any atom is -0.397 e. The van der Waals surface area contributed by atoms with E-state index in [2.05, 4.69) is 15.3 Å². The number of pyridine rings is 2. The Morgan fingerprint density at radius 1 is 1.25 bits per heavy atom. The van der Waals surface area contributed by atoms with Crippen molar-refractivity contribution in [3.05, 3.63) is 71.4 Å². The van der Waals surface area contributed by atoms with E-state index in [0.29, 0.717) is 12.0 Å². The number of aliphatic hydroxyl groups excluding tert-OH is 1. The van der Waals surface area contributed by atoms with Crippen LogP contribution in [0.4, 0.5) is 24.5 Å². The summed E-state index contributed by atoms with van der Waals surface area (Å²) in [7, 11) is 0. The highest BCUT2D eigenvalue weighted by Gasteiger charge is 2.46. The van der Waals surface area contributed by atoms with Gasteiger partial charge in [-0.15, -0.1) is 0 Å². The van der Waals surface area contributed by atoms with Gasteiger partial charge in [-0.05, 0) is 31.5 Å². The van der Waals surface area contributed by atoms with Crippen molar-refractivity contribution in [2.45, 2.75) is 50.6 Å². The summed E-state index contributed by atoms with van der Waals surface area (Å²) in [6.07, 6.45) is 0.834. The number of nitrogens with zero attached hydrogens (tertiary/aromatic N) is 2. The van der Waals surface area contributed by atoms with Crippen molar-refractivity contribution in [2.24, 2.45) is 0 Å². The van der Waals surface area contributed by atoms with Crippen LogP contribution >= 0.6 is 0 Å². The molecule has 0 bridgehead atoms. The predicted octanol–water partition coefficient (Wildman–Crippen LogP) is 3.75. The van der Waals surface area contributed by atoms with Crippen LogP contribution in [0.5, 0.6) is 0 Å². The monoisotopic (exact) mass is 502 g/mol. The highest BCUT2D eigenvalue weighted by Crippen LogP contribution is 2.40. The molecule has 3 heterocycles. The zero-order valence-electron chi connectivity index (χ0n) is 19.5. The average Bonchev–Trinajstić information content (AvgIpc) is 2.82. The second kappa shape index (κ2) is 9.84. The molecular weight excluding hydrogens is 477 g/mol. The molecule has 1 amide bonds. The van der Waals surface area contributed by atoms with Crippen LogP contribution in [0.15, 0.2) is 42.7 Å². The van der Waals surface area contributed by atoms with Crippen LogP contribution in [0.3, 0.4) is 0 Å². The number of rotatable bonds is 5. The molecule has 1 fully saturated rings. The molecule has 190 valence electrons. The third kappa shape index (κ3) is 4.64. The van der Waals surface area contributed by atoms with Gasteiger partial charge in [-0.1, -0.05) is 13.0 Å². The fraction of sp³-hybridized carbons (Fsp3) is 0.320. The van der Waals surface area contributed by atoms with E-state index in [1.165, 1.54) is 19.3 Å². The number of carbonyl (C=O) groups is 1. The van der Waals surface area contributed by atoms with Gasteiger partial charge >= 0.3 is 0 Å². The molecular formula is C25H25F3N4O4. The topological polar surface area (TPSA) is 131 Å². The summed E-state index contributed by atoms with van der Waals surface area (Å²) in [6, 6.07) is 5.35. The second-order valence-electron chi connectivity index (χ2n) is 8.77. The number of nitrogen functional groups attached to an aromatic ring is 1. The van der Waals surface area contributed by atoms with Crippen LogP contribution in [0.2, 0.25) is 0 Å². The fourth-order valence-electron chi connectivity index (χ4n) is 4.31. The number of hydrogen-bond donors (Lipinski definition) is 4. The lowest BCUT2D eigenvalue weighted by Gasteiger charge is -2.44. The Hall–Kier alpha value is -3.54. The molecule has 0 radical (unpaired) electrons. The van der Waals surface area contributed by atoms with Gasteiger partial charge in [0.25, 0.3) is 5.91 Å². The van der Waals surface area contributed by atoms with Crippen LogP contribution in [0, 0.1) is 17.5 Å². The van der Waals surface area contributed by atoms with Crippen molar-refractivity contribution in [1.82, 2.24) is 9.97 Å². The largest absolute Gasteiger partial charge is 0.397 e. The molecule has 1 saturated heterocycles. The van der Waals surface area contributed by atoms with Crippen molar-refractivity contribution >= 4 is 17.3 Å². The zero-order chi connectivity index (χ0) is 26.2. The number of nitrogens with two attached hydrogens (primary N) is 1. The Labute approximate surface area is 205 Å². The van der Waals surface area contributed by atoms with Crippen molar-refractivity contribution in [3.8, 4) is 11.3 Å². The number of aromatic nitrogens is 2. The fourth-order valence-corrected chi connectivity index (χ4v) is 4.31. The Morgan fingerprint density at radius 2 is 1.94 bits per heavy atom. The van der Waals surface area contributed by atoms with Crippen LogP contribution in [-0.4, -0.2) is 43.9 Å². The maximum absolute atomic E-state index is 14.6. The lowest BCUT2D eigenvalue weighted by Crippen LogP contribution is -2.55. The quantitative estimate of drug-likeness (QED) is 0.418. The molecule has 0 spiro atoms. The van der Waals surface area contributed by atoms with Gasteiger partial charge in [0.05, 0.1) is 41.4 Å². The van der Waals surface area contributed by atoms with Gasteiger partial charge in [-0.2, -0.15) is 0 Å². The summed E-state index contributed by atoms with van der Waals surface area (Å²) in [5.74, 6) is -4.09. The van der Waals surface area contributed by atoms with Gasteiger partial charge in [0.2, 0.25) is 0 Å². The summed E-state index contributed by atoms with van der Waals surface area (Å²) in [4.78, 5) is 20.9. The molecule has 5 N–H and O–H groups in total. The first kappa shape index (κ1) is 25.5. The lowest BCUT2D eigenvalue weighted by molar-refractivity contribution is -0.221. The zero-order valence-corrected chi connectivity index (χ0v) is 19.5. The van der Waals surface area contributed by atoms with Crippen LogP contribution in [0.1, 0.15) is 48.8 Å². The number of hydrogen-bond acceptors (Lipinski definition) is 7. The molecule has 0 unspecified atom stereocenters. The number of halogens is 3. The van der Waals surface area contributed by atoms with E-state index >= 15 is 0 Å². The summed E-state index contributed by atoms with van der Waals surface area (Å²) in [5, 5.41) is 23.7. The van der Waals surface area contributed by atoms with E-state index in [1.54, 1.807) is 6.07 Å². The standard InChI is InChI=1S/C25H25F3N4O4/c1-3-20-25(2,35)19(33)10-18(36-20)12-7-8-30-11-17(12)31-24(34)23-16(29)9-15(28)22(32-23)21-13(26)5-4-6-14(21)27/h4-9,11,18-20,33,35H,3,10,29H2,1-2H3,(H,31,34)/t18-,19-,20-,25+/m0/s1. The highest BCUT2D eigenvalue weighted by atomic mass is 19.1. The minimum atomic E-state index is -1.45. The summed E-state index contributed by atoms with van der Waals surface area (Å²) in [6.45, 7) is 3.30. The van der Waals surface area contributed by atoms with Crippen LogP contribution in [0.25, 0.3) is 11.3 Å². The third-order valence-corrected chi connectivity index (χ3v) is 6.33. The first-order valence-corrected chi connectivity index (χ1v) is 11.3. The number of aliphatic hydroxyl groups is 2. The number of anilines is 2. The lowest BCUT2D eigenvalue weighted by atomic mass is 9.83. The van der Waals surface area contributed by atoms with Gasteiger partial charge in [-0.3, -0.25) is 9.78 Å². The highest BCUT2D eigenvalue weighted by molar-refractivity contribution is 6.06. The predicted molar refractivity (Wildman–Crippen MR) is 125 cm³/mol. The molecule has 0 saturated carbocycles. The van der Waals surface area contributed by atoms with E-state index in [4.69, 9.17) is 10.5 Å².